The lowest BCUT2D eigenvalue weighted by atomic mass is 10.2. The van der Waals surface area contributed by atoms with E-state index in [0.717, 1.165) is 48.7 Å². The summed E-state index contributed by atoms with van der Waals surface area (Å²) in [4.78, 5) is 0. The topological polar surface area (TPSA) is 30.5 Å². The molecule has 0 aromatic heterocycles. The number of aryl methyl sites for hydroxylation is 1. The maximum absolute atomic E-state index is 5.81. The van der Waals surface area contributed by atoms with Crippen LogP contribution in [0.5, 0.6) is 11.5 Å². The molecule has 0 aliphatic carbocycles. The van der Waals surface area contributed by atoms with Gasteiger partial charge in [-0.1, -0.05) is 43.7 Å². The summed E-state index contributed by atoms with van der Waals surface area (Å²) >= 11 is 0. The highest BCUT2D eigenvalue weighted by molar-refractivity contribution is 5.56. The molecule has 118 valence electrons. The molecular weight excluding hydrogens is 274 g/mol. The first kappa shape index (κ1) is 16.2. The van der Waals surface area contributed by atoms with Crippen molar-refractivity contribution in [3.05, 3.63) is 54.1 Å². The van der Waals surface area contributed by atoms with Gasteiger partial charge in [-0.2, -0.15) is 0 Å². The van der Waals surface area contributed by atoms with E-state index in [1.54, 1.807) is 0 Å². The van der Waals surface area contributed by atoms with Gasteiger partial charge >= 0.3 is 0 Å². The summed E-state index contributed by atoms with van der Waals surface area (Å²) in [6.07, 6.45) is 2.21. The van der Waals surface area contributed by atoms with Crippen LogP contribution in [0.2, 0.25) is 0 Å². The van der Waals surface area contributed by atoms with Crippen molar-refractivity contribution in [1.82, 2.24) is 0 Å². The molecular formula is C19H25NO2. The van der Waals surface area contributed by atoms with E-state index in [2.05, 4.69) is 25.2 Å². The van der Waals surface area contributed by atoms with E-state index in [-0.39, 0.29) is 0 Å². The van der Waals surface area contributed by atoms with Crippen LogP contribution in [0.25, 0.3) is 0 Å². The molecule has 0 atom stereocenters. The van der Waals surface area contributed by atoms with Crippen molar-refractivity contribution in [2.24, 2.45) is 0 Å². The molecule has 0 unspecified atom stereocenters. The van der Waals surface area contributed by atoms with E-state index in [9.17, 15) is 0 Å². The van der Waals surface area contributed by atoms with E-state index in [1.807, 2.05) is 42.5 Å². The number of ether oxygens (including phenoxy) is 2. The predicted molar refractivity (Wildman–Crippen MR) is 92.0 cm³/mol. The first-order valence-corrected chi connectivity index (χ1v) is 7.95. The van der Waals surface area contributed by atoms with Crippen molar-refractivity contribution in [3.63, 3.8) is 0 Å². The zero-order chi connectivity index (χ0) is 15.6. The summed E-state index contributed by atoms with van der Waals surface area (Å²) in [6, 6.07) is 16.1. The summed E-state index contributed by atoms with van der Waals surface area (Å²) in [6.45, 7) is 6.33. The van der Waals surface area contributed by atoms with Crippen molar-refractivity contribution in [3.8, 4) is 11.5 Å². The number of rotatable bonds is 9. The second kappa shape index (κ2) is 8.98. The molecule has 0 saturated carbocycles. The second-order valence-corrected chi connectivity index (χ2v) is 5.24. The molecule has 0 bridgehead atoms. The number of hydrogen-bond donors (Lipinski definition) is 1. The zero-order valence-electron chi connectivity index (χ0n) is 13.5. The molecule has 0 heterocycles. The largest absolute Gasteiger partial charge is 0.491 e. The molecule has 2 rings (SSSR count). The minimum atomic E-state index is 0.619. The molecule has 2 aromatic rings. The Morgan fingerprint density at radius 3 is 2.32 bits per heavy atom. The first-order chi connectivity index (χ1) is 10.8. The Balaban J connectivity index is 1.80. The third kappa shape index (κ3) is 4.99. The van der Waals surface area contributed by atoms with Crippen LogP contribution >= 0.6 is 0 Å². The lowest BCUT2D eigenvalue weighted by Crippen LogP contribution is -2.12. The highest BCUT2D eigenvalue weighted by Crippen LogP contribution is 2.23. The van der Waals surface area contributed by atoms with E-state index >= 15 is 0 Å². The van der Waals surface area contributed by atoms with Gasteiger partial charge in [-0.3, -0.25) is 0 Å². The number of hydrogen-bond acceptors (Lipinski definition) is 3. The molecule has 2 aromatic carbocycles. The molecule has 3 nitrogen and oxygen atoms in total. The third-order valence-electron chi connectivity index (χ3n) is 3.41. The van der Waals surface area contributed by atoms with Gasteiger partial charge in [-0.25, -0.2) is 0 Å². The molecule has 0 radical (unpaired) electrons. The number of para-hydroxylation sites is 3. The Morgan fingerprint density at radius 1 is 0.864 bits per heavy atom. The quantitative estimate of drug-likeness (QED) is 0.683. The Labute approximate surface area is 133 Å². The smallest absolute Gasteiger partial charge is 0.142 e. The van der Waals surface area contributed by atoms with Gasteiger partial charge in [0, 0.05) is 6.54 Å². The van der Waals surface area contributed by atoms with Gasteiger partial charge in [0.1, 0.15) is 18.1 Å². The lowest BCUT2D eigenvalue weighted by molar-refractivity contribution is 0.309. The van der Waals surface area contributed by atoms with Gasteiger partial charge < -0.3 is 14.8 Å². The van der Waals surface area contributed by atoms with E-state index < -0.39 is 0 Å². The summed E-state index contributed by atoms with van der Waals surface area (Å²) in [5, 5.41) is 3.38. The van der Waals surface area contributed by atoms with Crippen molar-refractivity contribution >= 4 is 5.69 Å². The second-order valence-electron chi connectivity index (χ2n) is 5.24. The standard InChI is InChI=1S/C19H25NO2/c1-3-4-14-21-19-12-8-6-10-17(19)20-13-15-22-18-11-7-5-9-16(18)2/h5-12,20H,3-4,13-15H2,1-2H3. The SMILES string of the molecule is CCCCOc1ccccc1NCCOc1ccccc1C. The minimum absolute atomic E-state index is 0.619. The number of unbranched alkanes of at least 4 members (excludes halogenated alkanes) is 1. The summed E-state index contributed by atoms with van der Waals surface area (Å²) in [5.74, 6) is 1.85. The Kier molecular flexibility index (Phi) is 6.62. The van der Waals surface area contributed by atoms with Crippen LogP contribution in [-0.4, -0.2) is 19.8 Å². The van der Waals surface area contributed by atoms with E-state index in [1.165, 1.54) is 0 Å². The average Bonchev–Trinajstić information content (AvgIpc) is 2.54. The predicted octanol–water partition coefficient (Wildman–Crippen LogP) is 4.66. The van der Waals surface area contributed by atoms with Crippen molar-refractivity contribution in [2.45, 2.75) is 26.7 Å². The Hall–Kier alpha value is -2.16. The average molecular weight is 299 g/mol. The normalized spacial score (nSPS) is 10.3. The van der Waals surface area contributed by atoms with Gasteiger partial charge in [0.2, 0.25) is 0 Å². The van der Waals surface area contributed by atoms with Crippen LogP contribution in [-0.2, 0) is 0 Å². The molecule has 0 aliphatic rings. The fourth-order valence-electron chi connectivity index (χ4n) is 2.13. The van der Waals surface area contributed by atoms with Crippen LogP contribution < -0.4 is 14.8 Å². The van der Waals surface area contributed by atoms with Gasteiger partial charge in [-0.15, -0.1) is 0 Å². The number of nitrogens with one attached hydrogen (secondary N) is 1. The first-order valence-electron chi connectivity index (χ1n) is 7.95. The molecule has 0 saturated heterocycles. The van der Waals surface area contributed by atoms with Gasteiger partial charge in [0.25, 0.3) is 0 Å². The fourth-order valence-corrected chi connectivity index (χ4v) is 2.13. The molecule has 22 heavy (non-hydrogen) atoms. The lowest BCUT2D eigenvalue weighted by Gasteiger charge is -2.14. The van der Waals surface area contributed by atoms with E-state index in [4.69, 9.17) is 9.47 Å². The Bertz CT molecular complexity index is 569. The van der Waals surface area contributed by atoms with Crippen LogP contribution in [0, 0.1) is 6.92 Å². The third-order valence-corrected chi connectivity index (χ3v) is 3.41. The monoisotopic (exact) mass is 299 g/mol. The van der Waals surface area contributed by atoms with E-state index in [0.29, 0.717) is 6.61 Å². The van der Waals surface area contributed by atoms with Crippen LogP contribution in [0.3, 0.4) is 0 Å². The molecule has 0 fully saturated rings. The zero-order valence-corrected chi connectivity index (χ0v) is 13.5. The minimum Gasteiger partial charge on any atom is -0.491 e. The van der Waals surface area contributed by atoms with Crippen molar-refractivity contribution in [1.29, 1.82) is 0 Å². The van der Waals surface area contributed by atoms with Crippen LogP contribution in [0.4, 0.5) is 5.69 Å². The van der Waals surface area contributed by atoms with Gasteiger partial charge in [0.05, 0.1) is 12.3 Å². The highest BCUT2D eigenvalue weighted by Gasteiger charge is 2.02. The fraction of sp³-hybridized carbons (Fsp3) is 0.368. The van der Waals surface area contributed by atoms with Crippen molar-refractivity contribution in [2.75, 3.05) is 25.1 Å². The molecule has 0 amide bonds. The summed E-state index contributed by atoms with van der Waals surface area (Å²) in [7, 11) is 0. The molecule has 3 heteroatoms. The summed E-state index contributed by atoms with van der Waals surface area (Å²) < 4.78 is 11.6. The number of benzene rings is 2. The van der Waals surface area contributed by atoms with Crippen LogP contribution in [0.1, 0.15) is 25.3 Å². The highest BCUT2D eigenvalue weighted by atomic mass is 16.5. The van der Waals surface area contributed by atoms with Gasteiger partial charge in [0.15, 0.2) is 0 Å². The maximum Gasteiger partial charge on any atom is 0.142 e. The Morgan fingerprint density at radius 2 is 1.55 bits per heavy atom. The molecule has 1 N–H and O–H groups in total. The maximum atomic E-state index is 5.81. The molecule has 0 aliphatic heterocycles. The van der Waals surface area contributed by atoms with Gasteiger partial charge in [-0.05, 0) is 37.1 Å². The van der Waals surface area contributed by atoms with Crippen LogP contribution in [0.15, 0.2) is 48.5 Å². The van der Waals surface area contributed by atoms with Crippen molar-refractivity contribution < 1.29 is 9.47 Å². The number of anilines is 1. The molecule has 0 spiro atoms. The summed E-state index contributed by atoms with van der Waals surface area (Å²) in [5.41, 5.74) is 2.18.